The fraction of sp³-hybridized carbons (Fsp3) is 0.316. The number of nitrogens with zero attached hydrogens (tertiary/aromatic N) is 1. The highest BCUT2D eigenvalue weighted by Gasteiger charge is 2.32. The number of fused-ring (bicyclic) bond motifs is 1. The molecule has 0 atom stereocenters. The summed E-state index contributed by atoms with van der Waals surface area (Å²) in [6.07, 6.45) is -3.43. The molecular formula is C19H18F3NO3S. The molecule has 1 amide bonds. The van der Waals surface area contributed by atoms with Crippen molar-refractivity contribution in [2.45, 2.75) is 24.1 Å². The van der Waals surface area contributed by atoms with Crippen molar-refractivity contribution < 1.29 is 27.4 Å². The number of hydrogen-bond donors (Lipinski definition) is 0. The quantitative estimate of drug-likeness (QED) is 0.688. The number of carbonyl (C=O) groups excluding carboxylic acids is 1. The number of halogens is 3. The number of carbonyl (C=O) groups is 1. The van der Waals surface area contributed by atoms with E-state index in [0.717, 1.165) is 4.90 Å². The second kappa shape index (κ2) is 8.12. The number of amides is 1. The van der Waals surface area contributed by atoms with Crippen LogP contribution in [0.15, 0.2) is 47.4 Å². The summed E-state index contributed by atoms with van der Waals surface area (Å²) in [7, 11) is 1.58. The van der Waals surface area contributed by atoms with Crippen LogP contribution in [0.5, 0.6) is 11.5 Å². The Labute approximate surface area is 159 Å². The van der Waals surface area contributed by atoms with Gasteiger partial charge in [0, 0.05) is 17.1 Å². The van der Waals surface area contributed by atoms with Crippen molar-refractivity contribution in [3.63, 3.8) is 0 Å². The zero-order valence-electron chi connectivity index (χ0n) is 14.6. The van der Waals surface area contributed by atoms with Crippen molar-refractivity contribution in [1.29, 1.82) is 0 Å². The van der Waals surface area contributed by atoms with Crippen LogP contribution in [0, 0.1) is 0 Å². The van der Waals surface area contributed by atoms with Gasteiger partial charge in [-0.2, -0.15) is 0 Å². The van der Waals surface area contributed by atoms with E-state index in [4.69, 9.17) is 4.74 Å². The predicted octanol–water partition coefficient (Wildman–Crippen LogP) is 4.67. The van der Waals surface area contributed by atoms with Crippen molar-refractivity contribution in [3.8, 4) is 11.5 Å². The van der Waals surface area contributed by atoms with Crippen molar-refractivity contribution >= 4 is 23.4 Å². The normalized spacial score (nSPS) is 13.9. The van der Waals surface area contributed by atoms with Crippen LogP contribution in [0.25, 0.3) is 0 Å². The van der Waals surface area contributed by atoms with Crippen LogP contribution in [-0.4, -0.2) is 31.7 Å². The Morgan fingerprint density at radius 1 is 1.19 bits per heavy atom. The van der Waals surface area contributed by atoms with Gasteiger partial charge in [-0.3, -0.25) is 4.79 Å². The maximum absolute atomic E-state index is 12.7. The topological polar surface area (TPSA) is 38.8 Å². The Morgan fingerprint density at radius 2 is 2.00 bits per heavy atom. The van der Waals surface area contributed by atoms with Crippen molar-refractivity contribution in [2.75, 3.05) is 24.3 Å². The Kier molecular flexibility index (Phi) is 5.84. The molecule has 0 saturated heterocycles. The van der Waals surface area contributed by atoms with E-state index in [9.17, 15) is 18.0 Å². The van der Waals surface area contributed by atoms with Gasteiger partial charge in [-0.15, -0.1) is 24.9 Å². The minimum Gasteiger partial charge on any atom is -0.497 e. The zero-order valence-corrected chi connectivity index (χ0v) is 15.4. The molecule has 0 bridgehead atoms. The maximum atomic E-state index is 12.7. The van der Waals surface area contributed by atoms with Gasteiger partial charge >= 0.3 is 6.36 Å². The van der Waals surface area contributed by atoms with Crippen LogP contribution in [-0.2, 0) is 11.2 Å². The van der Waals surface area contributed by atoms with Gasteiger partial charge in [-0.05, 0) is 54.8 Å². The summed E-state index contributed by atoms with van der Waals surface area (Å²) < 4.78 is 46.3. The summed E-state index contributed by atoms with van der Waals surface area (Å²) in [5, 5.41) is 0. The lowest BCUT2D eigenvalue weighted by atomic mass is 10.0. The fourth-order valence-corrected chi connectivity index (χ4v) is 3.76. The average Bonchev–Trinajstić information content (AvgIpc) is 2.64. The Hall–Kier alpha value is -2.35. The standard InChI is InChI=1S/C19H18F3NO3S/c1-25-14-5-2-6-16(11-14)27-12-18(24)23-9-3-4-13-10-15(7-8-17(13)23)26-19(20,21)22/h2,5-8,10-11H,3-4,9,12H2,1H3. The molecule has 0 aliphatic carbocycles. The molecule has 0 N–H and O–H groups in total. The molecule has 0 radical (unpaired) electrons. The number of hydrogen-bond acceptors (Lipinski definition) is 4. The third kappa shape index (κ3) is 5.09. The first-order chi connectivity index (χ1) is 12.9. The summed E-state index contributed by atoms with van der Waals surface area (Å²) in [6, 6.07) is 11.5. The molecule has 0 spiro atoms. The molecule has 144 valence electrons. The lowest BCUT2D eigenvalue weighted by Crippen LogP contribution is -2.36. The van der Waals surface area contributed by atoms with Crippen molar-refractivity contribution in [1.82, 2.24) is 0 Å². The molecule has 0 unspecified atom stereocenters. The molecular weight excluding hydrogens is 379 g/mol. The van der Waals surface area contributed by atoms with Crippen molar-refractivity contribution in [3.05, 3.63) is 48.0 Å². The fourth-order valence-electron chi connectivity index (χ4n) is 2.94. The third-order valence-electron chi connectivity index (χ3n) is 4.11. The highest BCUT2D eigenvalue weighted by atomic mass is 32.2. The smallest absolute Gasteiger partial charge is 0.497 e. The summed E-state index contributed by atoms with van der Waals surface area (Å²) >= 11 is 1.39. The number of anilines is 1. The number of benzene rings is 2. The number of aryl methyl sites for hydroxylation is 1. The first-order valence-electron chi connectivity index (χ1n) is 8.31. The Balaban J connectivity index is 1.70. The van der Waals surface area contributed by atoms with Crippen LogP contribution in [0.2, 0.25) is 0 Å². The molecule has 27 heavy (non-hydrogen) atoms. The molecule has 1 aliphatic rings. The number of methoxy groups -OCH3 is 1. The van der Waals surface area contributed by atoms with E-state index in [-0.39, 0.29) is 17.4 Å². The van der Waals surface area contributed by atoms with Crippen LogP contribution in [0.3, 0.4) is 0 Å². The second-order valence-corrected chi connectivity index (χ2v) is 7.00. The van der Waals surface area contributed by atoms with E-state index in [0.29, 0.717) is 36.4 Å². The van der Waals surface area contributed by atoms with E-state index in [1.165, 1.54) is 30.0 Å². The van der Waals surface area contributed by atoms with Crippen molar-refractivity contribution in [2.24, 2.45) is 0 Å². The van der Waals surface area contributed by atoms with Gasteiger partial charge in [0.2, 0.25) is 5.91 Å². The maximum Gasteiger partial charge on any atom is 0.573 e. The van der Waals surface area contributed by atoms with E-state index in [2.05, 4.69) is 4.74 Å². The third-order valence-corrected chi connectivity index (χ3v) is 5.09. The zero-order chi connectivity index (χ0) is 19.4. The van der Waals surface area contributed by atoms with Crippen LogP contribution >= 0.6 is 11.8 Å². The minimum atomic E-state index is -4.73. The molecule has 0 fully saturated rings. The number of alkyl halides is 3. The summed E-state index contributed by atoms with van der Waals surface area (Å²) in [6.45, 7) is 0.546. The highest BCUT2D eigenvalue weighted by Crippen LogP contribution is 2.33. The monoisotopic (exact) mass is 397 g/mol. The van der Waals surface area contributed by atoms with Gasteiger partial charge in [0.25, 0.3) is 0 Å². The van der Waals surface area contributed by atoms with E-state index in [1.807, 2.05) is 24.3 Å². The van der Waals surface area contributed by atoms with Crippen LogP contribution in [0.4, 0.5) is 18.9 Å². The van der Waals surface area contributed by atoms with E-state index in [1.54, 1.807) is 12.0 Å². The van der Waals surface area contributed by atoms with E-state index < -0.39 is 6.36 Å². The average molecular weight is 397 g/mol. The Morgan fingerprint density at radius 3 is 2.74 bits per heavy atom. The van der Waals surface area contributed by atoms with Gasteiger partial charge in [-0.25, -0.2) is 0 Å². The minimum absolute atomic E-state index is 0.0896. The number of thioether (sulfide) groups is 1. The van der Waals surface area contributed by atoms with Gasteiger partial charge < -0.3 is 14.4 Å². The first-order valence-corrected chi connectivity index (χ1v) is 9.30. The predicted molar refractivity (Wildman–Crippen MR) is 97.5 cm³/mol. The van der Waals surface area contributed by atoms with Crippen LogP contribution in [0.1, 0.15) is 12.0 Å². The van der Waals surface area contributed by atoms with E-state index >= 15 is 0 Å². The molecule has 3 rings (SSSR count). The molecule has 1 aliphatic heterocycles. The molecule has 2 aromatic rings. The highest BCUT2D eigenvalue weighted by molar-refractivity contribution is 8.00. The summed E-state index contributed by atoms with van der Waals surface area (Å²) in [4.78, 5) is 15.2. The number of ether oxygens (including phenoxy) is 2. The lowest BCUT2D eigenvalue weighted by Gasteiger charge is -2.30. The molecule has 0 saturated carbocycles. The largest absolute Gasteiger partial charge is 0.573 e. The molecule has 0 aromatic heterocycles. The molecule has 4 nitrogen and oxygen atoms in total. The number of rotatable bonds is 5. The molecule has 8 heteroatoms. The summed E-state index contributed by atoms with van der Waals surface area (Å²) in [5.74, 6) is 0.593. The van der Waals surface area contributed by atoms with Gasteiger partial charge in [0.05, 0.1) is 12.9 Å². The summed E-state index contributed by atoms with van der Waals surface area (Å²) in [5.41, 5.74) is 1.33. The Bertz CT molecular complexity index is 826. The SMILES string of the molecule is COc1cccc(SCC(=O)N2CCCc3cc(OC(F)(F)F)ccc32)c1. The molecule has 1 heterocycles. The van der Waals surface area contributed by atoms with Gasteiger partial charge in [0.1, 0.15) is 11.5 Å². The first kappa shape index (κ1) is 19.4. The van der Waals surface area contributed by atoms with Gasteiger partial charge in [-0.1, -0.05) is 6.07 Å². The van der Waals surface area contributed by atoms with Crippen LogP contribution < -0.4 is 14.4 Å². The lowest BCUT2D eigenvalue weighted by molar-refractivity contribution is -0.274. The van der Waals surface area contributed by atoms with Gasteiger partial charge in [0.15, 0.2) is 0 Å². The molecule has 2 aromatic carbocycles. The second-order valence-electron chi connectivity index (χ2n) is 5.95.